The Hall–Kier alpha value is -2.96. The van der Waals surface area contributed by atoms with Crippen LogP contribution in [0.3, 0.4) is 0 Å². The molecule has 3 aromatic rings. The van der Waals surface area contributed by atoms with Crippen molar-refractivity contribution in [3.05, 3.63) is 60.9 Å². The summed E-state index contributed by atoms with van der Waals surface area (Å²) in [5.74, 6) is -0.0676. The normalized spacial score (nSPS) is 17.8. The minimum Gasteiger partial charge on any atom is -0.335 e. The number of imidazole rings is 1. The molecule has 1 aliphatic heterocycles. The van der Waals surface area contributed by atoms with Crippen molar-refractivity contribution in [3.63, 3.8) is 0 Å². The van der Waals surface area contributed by atoms with E-state index in [4.69, 9.17) is 0 Å². The van der Waals surface area contributed by atoms with Crippen LogP contribution in [0.5, 0.6) is 0 Å². The molecule has 24 heavy (non-hydrogen) atoms. The maximum absolute atomic E-state index is 12.7. The first-order valence-electron chi connectivity index (χ1n) is 8.06. The zero-order valence-corrected chi connectivity index (χ0v) is 13.2. The van der Waals surface area contributed by atoms with Gasteiger partial charge >= 0.3 is 0 Å². The number of rotatable bonds is 3. The molecule has 0 bridgehead atoms. The highest BCUT2D eigenvalue weighted by atomic mass is 16.2. The second kappa shape index (κ2) is 6.27. The Morgan fingerprint density at radius 1 is 1.21 bits per heavy atom. The minimum atomic E-state index is -0.0676. The van der Waals surface area contributed by atoms with Gasteiger partial charge in [-0.15, -0.1) is 5.10 Å². The summed E-state index contributed by atoms with van der Waals surface area (Å²) in [5.41, 5.74) is 1.27. The van der Waals surface area contributed by atoms with Gasteiger partial charge in [0.1, 0.15) is 0 Å². The van der Waals surface area contributed by atoms with Crippen molar-refractivity contribution in [2.24, 2.45) is 0 Å². The van der Waals surface area contributed by atoms with Crippen LogP contribution in [0, 0.1) is 0 Å². The highest BCUT2D eigenvalue weighted by Gasteiger charge is 2.26. The molecule has 0 spiro atoms. The summed E-state index contributed by atoms with van der Waals surface area (Å²) >= 11 is 0. The van der Waals surface area contributed by atoms with Gasteiger partial charge in [0.15, 0.2) is 5.69 Å². The van der Waals surface area contributed by atoms with Crippen molar-refractivity contribution < 1.29 is 4.79 Å². The second-order valence-corrected chi connectivity index (χ2v) is 5.94. The predicted octanol–water partition coefficient (Wildman–Crippen LogP) is 1.94. The number of carbonyl (C=O) groups excluding carboxylic acids is 1. The molecule has 3 heterocycles. The van der Waals surface area contributed by atoms with E-state index >= 15 is 0 Å². The molecular formula is C17H18N6O. The van der Waals surface area contributed by atoms with Crippen molar-refractivity contribution in [2.45, 2.75) is 18.9 Å². The van der Waals surface area contributed by atoms with E-state index in [2.05, 4.69) is 19.9 Å². The van der Waals surface area contributed by atoms with Crippen LogP contribution < -0.4 is 0 Å². The molecular weight excluding hydrogens is 304 g/mol. The highest BCUT2D eigenvalue weighted by Crippen LogP contribution is 2.22. The van der Waals surface area contributed by atoms with E-state index in [1.165, 1.54) is 0 Å². The molecule has 0 saturated carbocycles. The quantitative estimate of drug-likeness (QED) is 0.739. The van der Waals surface area contributed by atoms with Crippen molar-refractivity contribution in [3.8, 4) is 5.69 Å². The lowest BCUT2D eigenvalue weighted by molar-refractivity contribution is 0.0673. The van der Waals surface area contributed by atoms with Gasteiger partial charge in [-0.1, -0.05) is 23.4 Å². The fourth-order valence-corrected chi connectivity index (χ4v) is 3.10. The second-order valence-electron chi connectivity index (χ2n) is 5.94. The SMILES string of the molecule is O=C(c1cn(-c2ccccc2)nn1)N1CCCC(n2ccnc2)C1. The van der Waals surface area contributed by atoms with E-state index in [0.29, 0.717) is 12.2 Å². The number of likely N-dealkylation sites (tertiary alicyclic amines) is 1. The van der Waals surface area contributed by atoms with Gasteiger partial charge in [-0.2, -0.15) is 0 Å². The van der Waals surface area contributed by atoms with Gasteiger partial charge in [0.2, 0.25) is 0 Å². The molecule has 1 aliphatic rings. The smallest absolute Gasteiger partial charge is 0.276 e. The summed E-state index contributed by atoms with van der Waals surface area (Å²) in [7, 11) is 0. The summed E-state index contributed by atoms with van der Waals surface area (Å²) in [6, 6.07) is 9.93. The van der Waals surface area contributed by atoms with Crippen molar-refractivity contribution in [1.82, 2.24) is 29.4 Å². The van der Waals surface area contributed by atoms with Crippen LogP contribution in [-0.4, -0.2) is 48.4 Å². The van der Waals surface area contributed by atoms with Crippen LogP contribution in [-0.2, 0) is 0 Å². The van der Waals surface area contributed by atoms with E-state index in [1.807, 2.05) is 47.8 Å². The van der Waals surface area contributed by atoms with Crippen LogP contribution in [0.2, 0.25) is 0 Å². The molecule has 0 aliphatic carbocycles. The average Bonchev–Trinajstić information content (AvgIpc) is 3.34. The van der Waals surface area contributed by atoms with Gasteiger partial charge < -0.3 is 9.47 Å². The monoisotopic (exact) mass is 322 g/mol. The highest BCUT2D eigenvalue weighted by molar-refractivity contribution is 5.92. The predicted molar refractivity (Wildman–Crippen MR) is 87.8 cm³/mol. The Bertz CT molecular complexity index is 811. The van der Waals surface area contributed by atoms with E-state index in [0.717, 1.165) is 25.1 Å². The molecule has 1 saturated heterocycles. The van der Waals surface area contributed by atoms with Crippen LogP contribution >= 0.6 is 0 Å². The number of benzene rings is 1. The fourth-order valence-electron chi connectivity index (χ4n) is 3.10. The van der Waals surface area contributed by atoms with E-state index in [9.17, 15) is 4.79 Å². The molecule has 1 unspecified atom stereocenters. The largest absolute Gasteiger partial charge is 0.335 e. The van der Waals surface area contributed by atoms with Crippen molar-refractivity contribution in [1.29, 1.82) is 0 Å². The number of para-hydroxylation sites is 1. The summed E-state index contributed by atoms with van der Waals surface area (Å²) in [5, 5.41) is 8.13. The molecule has 1 aromatic carbocycles. The van der Waals surface area contributed by atoms with Crippen LogP contribution in [0.15, 0.2) is 55.2 Å². The standard InChI is InChI=1S/C17H18N6O/c24-17(16-12-23(20-19-16)14-5-2-1-3-6-14)21-9-4-7-15(11-21)22-10-8-18-13-22/h1-3,5-6,8,10,12-13,15H,4,7,9,11H2. The first-order chi connectivity index (χ1) is 11.8. The van der Waals surface area contributed by atoms with Crippen LogP contribution in [0.4, 0.5) is 0 Å². The number of hydrogen-bond acceptors (Lipinski definition) is 4. The van der Waals surface area contributed by atoms with Crippen molar-refractivity contribution >= 4 is 5.91 Å². The Morgan fingerprint density at radius 3 is 2.88 bits per heavy atom. The summed E-state index contributed by atoms with van der Waals surface area (Å²) in [6.07, 6.45) is 9.25. The zero-order chi connectivity index (χ0) is 16.4. The maximum Gasteiger partial charge on any atom is 0.276 e. The third-order valence-electron chi connectivity index (χ3n) is 4.36. The summed E-state index contributed by atoms with van der Waals surface area (Å²) in [4.78, 5) is 18.7. The van der Waals surface area contributed by atoms with Crippen molar-refractivity contribution in [2.75, 3.05) is 13.1 Å². The number of hydrogen-bond donors (Lipinski definition) is 0. The van der Waals surface area contributed by atoms with E-state index < -0.39 is 0 Å². The lowest BCUT2D eigenvalue weighted by Gasteiger charge is -2.32. The Morgan fingerprint density at radius 2 is 2.08 bits per heavy atom. The van der Waals surface area contributed by atoms with Crippen LogP contribution in [0.1, 0.15) is 29.4 Å². The Balaban J connectivity index is 1.50. The van der Waals surface area contributed by atoms with Crippen LogP contribution in [0.25, 0.3) is 5.69 Å². The number of aromatic nitrogens is 5. The first kappa shape index (κ1) is 14.6. The number of piperidine rings is 1. The molecule has 4 rings (SSSR count). The molecule has 2 aromatic heterocycles. The topological polar surface area (TPSA) is 68.8 Å². The number of carbonyl (C=O) groups is 1. The molecule has 7 nitrogen and oxygen atoms in total. The summed E-state index contributed by atoms with van der Waals surface area (Å²) < 4.78 is 3.70. The molecule has 1 fully saturated rings. The molecule has 1 atom stereocenters. The van der Waals surface area contributed by atoms with E-state index in [-0.39, 0.29) is 11.9 Å². The Labute approximate surface area is 139 Å². The van der Waals surface area contributed by atoms with Gasteiger partial charge in [-0.05, 0) is 25.0 Å². The molecule has 7 heteroatoms. The number of amides is 1. The summed E-state index contributed by atoms with van der Waals surface area (Å²) in [6.45, 7) is 1.43. The Kier molecular flexibility index (Phi) is 3.82. The van der Waals surface area contributed by atoms with Gasteiger partial charge in [0.25, 0.3) is 5.91 Å². The lowest BCUT2D eigenvalue weighted by atomic mass is 10.1. The first-order valence-corrected chi connectivity index (χ1v) is 8.06. The number of nitrogens with zero attached hydrogens (tertiary/aromatic N) is 6. The van der Waals surface area contributed by atoms with Gasteiger partial charge in [-0.3, -0.25) is 4.79 Å². The molecule has 0 N–H and O–H groups in total. The average molecular weight is 322 g/mol. The van der Waals surface area contributed by atoms with Gasteiger partial charge in [0.05, 0.1) is 24.3 Å². The maximum atomic E-state index is 12.7. The molecule has 1 amide bonds. The molecule has 0 radical (unpaired) electrons. The lowest BCUT2D eigenvalue weighted by Crippen LogP contribution is -2.40. The van der Waals surface area contributed by atoms with E-state index in [1.54, 1.807) is 17.1 Å². The zero-order valence-electron chi connectivity index (χ0n) is 13.2. The third-order valence-corrected chi connectivity index (χ3v) is 4.36. The van der Waals surface area contributed by atoms with Gasteiger partial charge in [-0.25, -0.2) is 9.67 Å². The van der Waals surface area contributed by atoms with Gasteiger partial charge in [0, 0.05) is 25.5 Å². The third kappa shape index (κ3) is 2.80. The minimum absolute atomic E-state index is 0.0676. The molecule has 122 valence electrons. The fraction of sp³-hybridized carbons (Fsp3) is 0.294.